The molecular formula is C20H32N2O6. The molecule has 28 heavy (non-hydrogen) atoms. The third-order valence-electron chi connectivity index (χ3n) is 3.85. The smallest absolute Gasteiger partial charge is 0.269 e. The average molecular weight is 396 g/mol. The summed E-state index contributed by atoms with van der Waals surface area (Å²) in [5.41, 5.74) is 5.04. The summed E-state index contributed by atoms with van der Waals surface area (Å²) in [6.45, 7) is 9.57. The molecule has 0 saturated heterocycles. The molecule has 1 aromatic rings. The van der Waals surface area contributed by atoms with E-state index < -0.39 is 17.9 Å². The maximum absolute atomic E-state index is 12.3. The largest absolute Gasteiger partial charge is 0.493 e. The van der Waals surface area contributed by atoms with Crippen LogP contribution in [0.4, 0.5) is 0 Å². The number of carbonyl (C=O) groups is 2. The van der Waals surface area contributed by atoms with Crippen LogP contribution in [-0.4, -0.2) is 51.5 Å². The summed E-state index contributed by atoms with van der Waals surface area (Å²) < 4.78 is 21.5. The highest BCUT2D eigenvalue weighted by molar-refractivity contribution is 5.96. The molecule has 0 bridgehead atoms. The highest BCUT2D eigenvalue weighted by Crippen LogP contribution is 2.28. The van der Waals surface area contributed by atoms with Gasteiger partial charge in [0.15, 0.2) is 11.5 Å². The van der Waals surface area contributed by atoms with Crippen LogP contribution < -0.4 is 20.3 Å². The number of hydrogen-bond acceptors (Lipinski definition) is 6. The highest BCUT2D eigenvalue weighted by Gasteiger charge is 2.16. The predicted molar refractivity (Wildman–Crippen MR) is 105 cm³/mol. The van der Waals surface area contributed by atoms with Crippen molar-refractivity contribution >= 4 is 11.8 Å². The van der Waals surface area contributed by atoms with E-state index in [1.807, 2.05) is 6.92 Å². The Morgan fingerprint density at radius 1 is 1.04 bits per heavy atom. The minimum atomic E-state index is -0.716. The lowest BCUT2D eigenvalue weighted by atomic mass is 10.1. The molecule has 0 radical (unpaired) electrons. The zero-order valence-corrected chi connectivity index (χ0v) is 17.4. The predicted octanol–water partition coefficient (Wildman–Crippen LogP) is 2.32. The van der Waals surface area contributed by atoms with Crippen molar-refractivity contribution in [1.29, 1.82) is 0 Å². The number of nitrogens with one attached hydrogen (secondary N) is 2. The Labute approximate surface area is 166 Å². The SMILES string of the molecule is CCOCCOC(C)C(=O)NNC(=O)c1ccc(OCCC(C)C)c(OC)c1. The van der Waals surface area contributed by atoms with Crippen LogP contribution in [-0.2, 0) is 14.3 Å². The van der Waals surface area contributed by atoms with Crippen molar-refractivity contribution in [2.75, 3.05) is 33.5 Å². The van der Waals surface area contributed by atoms with Gasteiger partial charge in [-0.2, -0.15) is 0 Å². The minimum absolute atomic E-state index is 0.297. The molecule has 0 aliphatic rings. The van der Waals surface area contributed by atoms with Gasteiger partial charge in [-0.1, -0.05) is 13.8 Å². The van der Waals surface area contributed by atoms with Crippen molar-refractivity contribution in [1.82, 2.24) is 10.9 Å². The van der Waals surface area contributed by atoms with Crippen molar-refractivity contribution in [3.8, 4) is 11.5 Å². The molecule has 8 heteroatoms. The van der Waals surface area contributed by atoms with Gasteiger partial charge in [0.05, 0.1) is 26.9 Å². The molecule has 0 aromatic heterocycles. The fourth-order valence-electron chi connectivity index (χ4n) is 2.13. The molecule has 0 heterocycles. The van der Waals surface area contributed by atoms with Gasteiger partial charge < -0.3 is 18.9 Å². The van der Waals surface area contributed by atoms with Crippen LogP contribution in [0.15, 0.2) is 18.2 Å². The Balaban J connectivity index is 2.53. The van der Waals surface area contributed by atoms with Crippen molar-refractivity contribution in [2.45, 2.75) is 40.2 Å². The molecule has 1 rings (SSSR count). The first-order valence-electron chi connectivity index (χ1n) is 9.49. The van der Waals surface area contributed by atoms with Gasteiger partial charge in [0, 0.05) is 12.2 Å². The Bertz CT molecular complexity index is 621. The standard InChI is InChI=1S/C20H32N2O6/c1-6-26-11-12-27-15(4)19(23)21-22-20(24)16-7-8-17(18(13-16)25-5)28-10-9-14(2)3/h7-8,13-15H,6,9-12H2,1-5H3,(H,21,23)(H,22,24). The summed E-state index contributed by atoms with van der Waals surface area (Å²) in [7, 11) is 1.51. The zero-order chi connectivity index (χ0) is 20.9. The maximum Gasteiger partial charge on any atom is 0.269 e. The summed E-state index contributed by atoms with van der Waals surface area (Å²) in [4.78, 5) is 24.2. The van der Waals surface area contributed by atoms with E-state index in [0.717, 1.165) is 6.42 Å². The van der Waals surface area contributed by atoms with E-state index >= 15 is 0 Å². The summed E-state index contributed by atoms with van der Waals surface area (Å²) in [5, 5.41) is 0. The Kier molecular flexibility index (Phi) is 11.0. The van der Waals surface area contributed by atoms with Crippen molar-refractivity contribution in [2.24, 2.45) is 5.92 Å². The number of hydrogen-bond donors (Lipinski definition) is 2. The number of hydrazine groups is 1. The van der Waals surface area contributed by atoms with E-state index in [9.17, 15) is 9.59 Å². The number of carbonyl (C=O) groups excluding carboxylic acids is 2. The number of benzene rings is 1. The normalized spacial score (nSPS) is 11.8. The van der Waals surface area contributed by atoms with Gasteiger partial charge in [0.2, 0.25) is 0 Å². The van der Waals surface area contributed by atoms with Crippen LogP contribution in [0.3, 0.4) is 0 Å². The van der Waals surface area contributed by atoms with E-state index in [4.69, 9.17) is 18.9 Å². The second-order valence-electron chi connectivity index (χ2n) is 6.55. The molecule has 2 N–H and O–H groups in total. The number of rotatable bonds is 12. The topological polar surface area (TPSA) is 95.1 Å². The average Bonchev–Trinajstić information content (AvgIpc) is 2.68. The lowest BCUT2D eigenvalue weighted by Gasteiger charge is -2.15. The fourth-order valence-corrected chi connectivity index (χ4v) is 2.13. The van der Waals surface area contributed by atoms with Crippen molar-refractivity contribution in [3.63, 3.8) is 0 Å². The van der Waals surface area contributed by atoms with E-state index in [1.165, 1.54) is 7.11 Å². The monoisotopic (exact) mass is 396 g/mol. The summed E-state index contributed by atoms with van der Waals surface area (Å²) in [5.74, 6) is 0.632. The van der Waals surface area contributed by atoms with E-state index in [-0.39, 0.29) is 0 Å². The first kappa shape index (κ1) is 23.7. The van der Waals surface area contributed by atoms with E-state index in [1.54, 1.807) is 25.1 Å². The lowest BCUT2D eigenvalue weighted by Crippen LogP contribution is -2.46. The summed E-state index contributed by atoms with van der Waals surface area (Å²) in [6.07, 6.45) is 0.203. The van der Waals surface area contributed by atoms with Crippen LogP contribution in [0, 0.1) is 5.92 Å². The number of amides is 2. The molecule has 1 unspecified atom stereocenters. The fraction of sp³-hybridized carbons (Fsp3) is 0.600. The Hall–Kier alpha value is -2.32. The molecule has 0 spiro atoms. The quantitative estimate of drug-likeness (QED) is 0.416. The van der Waals surface area contributed by atoms with Gasteiger partial charge in [-0.15, -0.1) is 0 Å². The number of ether oxygens (including phenoxy) is 4. The molecular weight excluding hydrogens is 364 g/mol. The van der Waals surface area contributed by atoms with Crippen LogP contribution in [0.5, 0.6) is 11.5 Å². The maximum atomic E-state index is 12.3. The number of methoxy groups -OCH3 is 1. The highest BCUT2D eigenvalue weighted by atomic mass is 16.5. The molecule has 1 atom stereocenters. The van der Waals surface area contributed by atoms with Crippen LogP contribution >= 0.6 is 0 Å². The van der Waals surface area contributed by atoms with Gasteiger partial charge in [-0.3, -0.25) is 20.4 Å². The van der Waals surface area contributed by atoms with E-state index in [0.29, 0.717) is 49.4 Å². The molecule has 0 fully saturated rings. The second kappa shape index (κ2) is 13.0. The Morgan fingerprint density at radius 2 is 1.79 bits per heavy atom. The van der Waals surface area contributed by atoms with Gasteiger partial charge in [-0.05, 0) is 44.4 Å². The van der Waals surface area contributed by atoms with Gasteiger partial charge >= 0.3 is 0 Å². The van der Waals surface area contributed by atoms with Crippen molar-refractivity contribution < 1.29 is 28.5 Å². The third kappa shape index (κ3) is 8.58. The molecule has 2 amide bonds. The van der Waals surface area contributed by atoms with Gasteiger partial charge in [0.1, 0.15) is 6.10 Å². The van der Waals surface area contributed by atoms with Gasteiger partial charge in [0.25, 0.3) is 11.8 Å². The van der Waals surface area contributed by atoms with Crippen LogP contribution in [0.1, 0.15) is 44.5 Å². The first-order chi connectivity index (χ1) is 13.4. The molecule has 0 saturated carbocycles. The zero-order valence-electron chi connectivity index (χ0n) is 17.4. The molecule has 1 aromatic carbocycles. The van der Waals surface area contributed by atoms with Gasteiger partial charge in [-0.25, -0.2) is 0 Å². The third-order valence-corrected chi connectivity index (χ3v) is 3.85. The molecule has 8 nitrogen and oxygen atoms in total. The summed E-state index contributed by atoms with van der Waals surface area (Å²) >= 11 is 0. The molecule has 158 valence electrons. The lowest BCUT2D eigenvalue weighted by molar-refractivity contribution is -0.133. The summed E-state index contributed by atoms with van der Waals surface area (Å²) in [6, 6.07) is 4.85. The Morgan fingerprint density at radius 3 is 2.43 bits per heavy atom. The van der Waals surface area contributed by atoms with Crippen molar-refractivity contribution in [3.05, 3.63) is 23.8 Å². The van der Waals surface area contributed by atoms with Crippen LogP contribution in [0.2, 0.25) is 0 Å². The first-order valence-corrected chi connectivity index (χ1v) is 9.49. The van der Waals surface area contributed by atoms with Crippen LogP contribution in [0.25, 0.3) is 0 Å². The second-order valence-corrected chi connectivity index (χ2v) is 6.55. The minimum Gasteiger partial charge on any atom is -0.493 e. The molecule has 0 aliphatic carbocycles. The van der Waals surface area contributed by atoms with E-state index in [2.05, 4.69) is 24.7 Å². The molecule has 0 aliphatic heterocycles.